The third kappa shape index (κ3) is 6.32. The molecule has 0 aliphatic carbocycles. The van der Waals surface area contributed by atoms with Crippen LogP contribution in [0.3, 0.4) is 0 Å². The highest BCUT2D eigenvalue weighted by molar-refractivity contribution is 5.94. The first-order valence-corrected chi connectivity index (χ1v) is 9.02. The first-order chi connectivity index (χ1) is 12.9. The number of amides is 2. The van der Waals surface area contributed by atoms with Gasteiger partial charge in [-0.1, -0.05) is 6.07 Å². The number of hydrogen-bond acceptors (Lipinski definition) is 5. The molecule has 7 nitrogen and oxygen atoms in total. The SMILES string of the molecule is COC(=O)CCCNC(=O)CN1CCN(C(=O)c2ccc(C)c(F)c2)CC1. The topological polar surface area (TPSA) is 79.0 Å². The van der Waals surface area contributed by atoms with E-state index in [1.165, 1.54) is 13.2 Å². The van der Waals surface area contributed by atoms with Crippen LogP contribution in [0, 0.1) is 12.7 Å². The molecule has 1 aliphatic rings. The fourth-order valence-electron chi connectivity index (χ4n) is 2.84. The highest BCUT2D eigenvalue weighted by atomic mass is 19.1. The average molecular weight is 379 g/mol. The van der Waals surface area contributed by atoms with Crippen molar-refractivity contribution in [3.8, 4) is 0 Å². The van der Waals surface area contributed by atoms with E-state index in [0.717, 1.165) is 0 Å². The average Bonchev–Trinajstić information content (AvgIpc) is 2.67. The maximum absolute atomic E-state index is 13.7. The number of ether oxygens (including phenoxy) is 1. The van der Waals surface area contributed by atoms with E-state index in [4.69, 9.17) is 0 Å². The van der Waals surface area contributed by atoms with E-state index in [0.29, 0.717) is 50.3 Å². The quantitative estimate of drug-likeness (QED) is 0.564. The van der Waals surface area contributed by atoms with Crippen molar-refractivity contribution in [1.29, 1.82) is 0 Å². The van der Waals surface area contributed by atoms with Crippen molar-refractivity contribution < 1.29 is 23.5 Å². The van der Waals surface area contributed by atoms with E-state index in [2.05, 4.69) is 10.1 Å². The number of benzene rings is 1. The van der Waals surface area contributed by atoms with Crippen LogP contribution in [-0.2, 0) is 14.3 Å². The minimum absolute atomic E-state index is 0.111. The number of esters is 1. The molecule has 8 heteroatoms. The number of nitrogens with one attached hydrogen (secondary N) is 1. The molecule has 1 heterocycles. The molecular formula is C19H26FN3O4. The van der Waals surface area contributed by atoms with Crippen LogP contribution in [0.2, 0.25) is 0 Å². The second-order valence-electron chi connectivity index (χ2n) is 6.56. The van der Waals surface area contributed by atoms with Gasteiger partial charge in [-0.2, -0.15) is 0 Å². The molecule has 0 saturated carbocycles. The highest BCUT2D eigenvalue weighted by Gasteiger charge is 2.23. The van der Waals surface area contributed by atoms with Crippen LogP contribution in [0.4, 0.5) is 4.39 Å². The Kier molecular flexibility index (Phi) is 7.72. The van der Waals surface area contributed by atoms with Crippen LogP contribution < -0.4 is 5.32 Å². The third-order valence-corrected chi connectivity index (χ3v) is 4.55. The minimum atomic E-state index is -0.386. The number of rotatable bonds is 7. The van der Waals surface area contributed by atoms with Crippen molar-refractivity contribution in [3.05, 3.63) is 35.1 Å². The summed E-state index contributed by atoms with van der Waals surface area (Å²) in [4.78, 5) is 39.1. The summed E-state index contributed by atoms with van der Waals surface area (Å²) < 4.78 is 18.2. The first kappa shape index (κ1) is 20.8. The largest absolute Gasteiger partial charge is 0.469 e. The van der Waals surface area contributed by atoms with Crippen molar-refractivity contribution in [2.45, 2.75) is 19.8 Å². The molecule has 1 aromatic carbocycles. The molecule has 148 valence electrons. The molecule has 1 aromatic rings. The van der Waals surface area contributed by atoms with Gasteiger partial charge in [0.15, 0.2) is 0 Å². The van der Waals surface area contributed by atoms with Gasteiger partial charge in [-0.3, -0.25) is 19.3 Å². The molecule has 0 spiro atoms. The lowest BCUT2D eigenvalue weighted by Gasteiger charge is -2.34. The number of halogens is 1. The summed E-state index contributed by atoms with van der Waals surface area (Å²) in [6, 6.07) is 4.50. The zero-order valence-electron chi connectivity index (χ0n) is 15.8. The fraction of sp³-hybridized carbons (Fsp3) is 0.526. The number of carbonyl (C=O) groups is 3. The monoisotopic (exact) mass is 379 g/mol. The molecule has 1 fully saturated rings. The van der Waals surface area contributed by atoms with Gasteiger partial charge in [0.1, 0.15) is 5.82 Å². The number of nitrogens with zero attached hydrogens (tertiary/aromatic N) is 2. The summed E-state index contributed by atoms with van der Waals surface area (Å²) in [5.74, 6) is -0.983. The van der Waals surface area contributed by atoms with Crippen molar-refractivity contribution in [2.75, 3.05) is 46.4 Å². The van der Waals surface area contributed by atoms with Gasteiger partial charge in [0.05, 0.1) is 13.7 Å². The molecule has 27 heavy (non-hydrogen) atoms. The van der Waals surface area contributed by atoms with Crippen LogP contribution >= 0.6 is 0 Å². The van der Waals surface area contributed by atoms with E-state index in [1.54, 1.807) is 24.0 Å². The standard InChI is InChI=1S/C19H26FN3O4/c1-14-5-6-15(12-16(14)20)19(26)23-10-8-22(9-11-23)13-17(24)21-7-3-4-18(25)27-2/h5-6,12H,3-4,7-11,13H2,1-2H3,(H,21,24). The Bertz CT molecular complexity index is 688. The van der Waals surface area contributed by atoms with Gasteiger partial charge in [-0.25, -0.2) is 4.39 Å². The van der Waals surface area contributed by atoms with Gasteiger partial charge < -0.3 is 15.0 Å². The van der Waals surface area contributed by atoms with E-state index >= 15 is 0 Å². The Morgan fingerprint density at radius 3 is 2.52 bits per heavy atom. The number of hydrogen-bond donors (Lipinski definition) is 1. The summed E-state index contributed by atoms with van der Waals surface area (Å²) >= 11 is 0. The molecule has 0 bridgehead atoms. The Morgan fingerprint density at radius 2 is 1.89 bits per heavy atom. The fourth-order valence-corrected chi connectivity index (χ4v) is 2.84. The smallest absolute Gasteiger partial charge is 0.305 e. The van der Waals surface area contributed by atoms with Gasteiger partial charge in [0.25, 0.3) is 5.91 Å². The van der Waals surface area contributed by atoms with Crippen LogP contribution in [-0.4, -0.2) is 74.0 Å². The predicted octanol–water partition coefficient (Wildman–Crippen LogP) is 0.961. The van der Waals surface area contributed by atoms with Crippen LogP contribution in [0.15, 0.2) is 18.2 Å². The molecule has 0 atom stereocenters. The van der Waals surface area contributed by atoms with E-state index in [1.807, 2.05) is 4.90 Å². The van der Waals surface area contributed by atoms with Crippen LogP contribution in [0.5, 0.6) is 0 Å². The molecule has 1 saturated heterocycles. The second kappa shape index (κ2) is 10.0. The summed E-state index contributed by atoms with van der Waals surface area (Å²) in [6.07, 6.45) is 0.810. The Labute approximate surface area is 158 Å². The summed E-state index contributed by atoms with van der Waals surface area (Å²) in [5, 5.41) is 2.77. The highest BCUT2D eigenvalue weighted by Crippen LogP contribution is 2.13. The summed E-state index contributed by atoms with van der Waals surface area (Å²) in [5.41, 5.74) is 0.851. The first-order valence-electron chi connectivity index (χ1n) is 9.02. The molecule has 0 radical (unpaired) electrons. The molecule has 1 aliphatic heterocycles. The summed E-state index contributed by atoms with van der Waals surface area (Å²) in [7, 11) is 1.33. The normalized spacial score (nSPS) is 14.7. The van der Waals surface area contributed by atoms with Gasteiger partial charge in [-0.05, 0) is 31.0 Å². The van der Waals surface area contributed by atoms with Gasteiger partial charge in [0.2, 0.25) is 5.91 Å². The van der Waals surface area contributed by atoms with Crippen molar-refractivity contribution in [1.82, 2.24) is 15.1 Å². The maximum Gasteiger partial charge on any atom is 0.305 e. The Morgan fingerprint density at radius 1 is 1.19 bits per heavy atom. The van der Waals surface area contributed by atoms with Crippen LogP contribution in [0.25, 0.3) is 0 Å². The van der Waals surface area contributed by atoms with Crippen molar-refractivity contribution in [3.63, 3.8) is 0 Å². The lowest BCUT2D eigenvalue weighted by atomic mass is 10.1. The number of carbonyl (C=O) groups excluding carboxylic acids is 3. The molecule has 0 aromatic heterocycles. The van der Waals surface area contributed by atoms with Gasteiger partial charge >= 0.3 is 5.97 Å². The molecule has 0 unspecified atom stereocenters. The van der Waals surface area contributed by atoms with Crippen LogP contribution in [0.1, 0.15) is 28.8 Å². The molecule has 1 N–H and O–H groups in total. The van der Waals surface area contributed by atoms with E-state index in [9.17, 15) is 18.8 Å². The number of methoxy groups -OCH3 is 1. The Hall–Kier alpha value is -2.48. The number of aryl methyl sites for hydroxylation is 1. The van der Waals surface area contributed by atoms with Crippen molar-refractivity contribution in [2.24, 2.45) is 0 Å². The second-order valence-corrected chi connectivity index (χ2v) is 6.56. The Balaban J connectivity index is 1.71. The lowest BCUT2D eigenvalue weighted by molar-refractivity contribution is -0.140. The summed E-state index contributed by atoms with van der Waals surface area (Å²) in [6.45, 7) is 4.47. The van der Waals surface area contributed by atoms with E-state index in [-0.39, 0.29) is 36.6 Å². The minimum Gasteiger partial charge on any atom is -0.469 e. The molecule has 2 rings (SSSR count). The zero-order chi connectivity index (χ0) is 19.8. The zero-order valence-corrected chi connectivity index (χ0v) is 15.8. The maximum atomic E-state index is 13.7. The van der Waals surface area contributed by atoms with Gasteiger partial charge in [-0.15, -0.1) is 0 Å². The predicted molar refractivity (Wildman–Crippen MR) is 97.7 cm³/mol. The van der Waals surface area contributed by atoms with Crippen molar-refractivity contribution >= 4 is 17.8 Å². The van der Waals surface area contributed by atoms with Gasteiger partial charge in [0, 0.05) is 44.7 Å². The van der Waals surface area contributed by atoms with E-state index < -0.39 is 0 Å². The number of piperazine rings is 1. The molecular weight excluding hydrogens is 353 g/mol. The molecule has 2 amide bonds. The third-order valence-electron chi connectivity index (χ3n) is 4.55. The lowest BCUT2D eigenvalue weighted by Crippen LogP contribution is -2.51.